The Hall–Kier alpha value is -2.28. The third kappa shape index (κ3) is 2.72. The molecule has 3 rings (SSSR count). The highest BCUT2D eigenvalue weighted by atomic mass is 16.5. The highest BCUT2D eigenvalue weighted by Gasteiger charge is 2.31. The smallest absolute Gasteiger partial charge is 0.248 e. The van der Waals surface area contributed by atoms with Crippen LogP contribution in [-0.4, -0.2) is 42.3 Å². The fourth-order valence-electron chi connectivity index (χ4n) is 3.29. The van der Waals surface area contributed by atoms with E-state index in [0.717, 1.165) is 30.8 Å². The van der Waals surface area contributed by atoms with Crippen molar-refractivity contribution in [2.45, 2.75) is 20.4 Å². The average molecular weight is 317 g/mol. The molecule has 0 radical (unpaired) electrons. The summed E-state index contributed by atoms with van der Waals surface area (Å²) in [7, 11) is 1.68. The molecular weight excluding hydrogens is 294 g/mol. The first kappa shape index (κ1) is 15.6. The molecule has 0 aliphatic carbocycles. The number of carbonyl (C=O) groups excluding carboxylic acids is 1. The van der Waals surface area contributed by atoms with E-state index in [9.17, 15) is 4.79 Å². The van der Waals surface area contributed by atoms with Crippen molar-refractivity contribution in [1.29, 1.82) is 0 Å². The molecule has 0 saturated carbocycles. The number of primary amides is 1. The molecule has 1 aromatic carbocycles. The number of anilines is 2. The second-order valence-corrected chi connectivity index (χ2v) is 6.86. The van der Waals surface area contributed by atoms with Gasteiger partial charge in [-0.05, 0) is 12.1 Å². The van der Waals surface area contributed by atoms with Gasteiger partial charge in [0.15, 0.2) is 0 Å². The van der Waals surface area contributed by atoms with E-state index in [4.69, 9.17) is 16.2 Å². The minimum Gasteiger partial charge on any atom is -0.383 e. The zero-order chi connectivity index (χ0) is 16.8. The van der Waals surface area contributed by atoms with E-state index >= 15 is 0 Å². The maximum atomic E-state index is 11.7. The fourth-order valence-corrected chi connectivity index (χ4v) is 3.29. The summed E-state index contributed by atoms with van der Waals surface area (Å²) in [6, 6.07) is 3.54. The van der Waals surface area contributed by atoms with Crippen LogP contribution in [0.25, 0.3) is 11.0 Å². The Morgan fingerprint density at radius 2 is 2.13 bits per heavy atom. The predicted octanol–water partition coefficient (Wildman–Crippen LogP) is 1.21. The van der Waals surface area contributed by atoms with Crippen molar-refractivity contribution in [3.05, 3.63) is 17.7 Å². The lowest BCUT2D eigenvalue weighted by Crippen LogP contribution is -2.37. The number of benzene rings is 1. The molecule has 7 heteroatoms. The highest BCUT2D eigenvalue weighted by molar-refractivity contribution is 6.01. The molecule has 1 aromatic heterocycles. The Morgan fingerprint density at radius 3 is 2.78 bits per heavy atom. The van der Waals surface area contributed by atoms with Crippen molar-refractivity contribution >= 4 is 28.6 Å². The van der Waals surface area contributed by atoms with E-state index in [0.29, 0.717) is 23.6 Å². The third-order valence-electron chi connectivity index (χ3n) is 4.25. The number of nitrogen functional groups attached to an aromatic ring is 1. The summed E-state index contributed by atoms with van der Waals surface area (Å²) >= 11 is 0. The lowest BCUT2D eigenvalue weighted by atomic mass is 9.93. The summed E-state index contributed by atoms with van der Waals surface area (Å²) in [6.45, 7) is 7.30. The molecule has 124 valence electrons. The van der Waals surface area contributed by atoms with Crippen molar-refractivity contribution in [2.24, 2.45) is 11.1 Å². The molecule has 1 aliphatic heterocycles. The van der Waals surface area contributed by atoms with E-state index in [2.05, 4.69) is 23.7 Å². The van der Waals surface area contributed by atoms with Gasteiger partial charge in [-0.25, -0.2) is 4.98 Å². The van der Waals surface area contributed by atoms with E-state index in [1.807, 2.05) is 10.6 Å². The van der Waals surface area contributed by atoms with Gasteiger partial charge in [-0.2, -0.15) is 0 Å². The van der Waals surface area contributed by atoms with Crippen LogP contribution in [0.4, 0.5) is 11.6 Å². The fraction of sp³-hybridized carbons (Fsp3) is 0.500. The molecule has 0 bridgehead atoms. The van der Waals surface area contributed by atoms with Gasteiger partial charge in [0.1, 0.15) is 0 Å². The molecule has 0 unspecified atom stereocenters. The number of imidazole rings is 1. The average Bonchev–Trinajstić information content (AvgIpc) is 2.70. The van der Waals surface area contributed by atoms with Crippen molar-refractivity contribution in [3.63, 3.8) is 0 Å². The molecule has 2 heterocycles. The lowest BCUT2D eigenvalue weighted by molar-refractivity contribution is 0.100. The van der Waals surface area contributed by atoms with E-state index in [1.54, 1.807) is 13.2 Å². The van der Waals surface area contributed by atoms with Crippen molar-refractivity contribution in [3.8, 4) is 0 Å². The predicted molar refractivity (Wildman–Crippen MR) is 90.5 cm³/mol. The first-order chi connectivity index (χ1) is 10.8. The molecular formula is C16H23N5O2. The number of methoxy groups -OCH3 is 1. The number of ether oxygens (including phenoxy) is 1. The standard InChI is InChI=1S/C16H23N5O2/c1-16(2)8-20(4-5-23-3)12-7-10(14(17)22)6-11-13(12)21(9-16)15(18)19-11/h6-7H,4-5,8-9H2,1-3H3,(H2,17,22)(H2,18,19). The van der Waals surface area contributed by atoms with Crippen LogP contribution in [0.1, 0.15) is 24.2 Å². The van der Waals surface area contributed by atoms with Gasteiger partial charge in [0.25, 0.3) is 0 Å². The number of carbonyl (C=O) groups is 1. The monoisotopic (exact) mass is 317 g/mol. The van der Waals surface area contributed by atoms with Gasteiger partial charge in [-0.15, -0.1) is 0 Å². The topological polar surface area (TPSA) is 99.4 Å². The van der Waals surface area contributed by atoms with Crippen LogP contribution in [0.5, 0.6) is 0 Å². The summed E-state index contributed by atoms with van der Waals surface area (Å²) in [6.07, 6.45) is 0. The van der Waals surface area contributed by atoms with Crippen LogP contribution in [0.15, 0.2) is 12.1 Å². The van der Waals surface area contributed by atoms with Gasteiger partial charge >= 0.3 is 0 Å². The number of nitrogens with two attached hydrogens (primary N) is 2. The van der Waals surface area contributed by atoms with E-state index in [1.165, 1.54) is 0 Å². The Morgan fingerprint density at radius 1 is 1.39 bits per heavy atom. The molecule has 7 nitrogen and oxygen atoms in total. The van der Waals surface area contributed by atoms with Crippen LogP contribution in [-0.2, 0) is 11.3 Å². The van der Waals surface area contributed by atoms with Gasteiger partial charge in [-0.3, -0.25) is 4.79 Å². The zero-order valence-electron chi connectivity index (χ0n) is 13.8. The summed E-state index contributed by atoms with van der Waals surface area (Å²) in [5.41, 5.74) is 14.6. The minimum absolute atomic E-state index is 0.00139. The summed E-state index contributed by atoms with van der Waals surface area (Å²) < 4.78 is 7.27. The third-order valence-corrected chi connectivity index (χ3v) is 4.25. The summed E-state index contributed by atoms with van der Waals surface area (Å²) in [4.78, 5) is 18.3. The summed E-state index contributed by atoms with van der Waals surface area (Å²) in [5.74, 6) is -0.00370. The second-order valence-electron chi connectivity index (χ2n) is 6.86. The second kappa shape index (κ2) is 5.42. The molecule has 2 aromatic rings. The number of rotatable bonds is 4. The summed E-state index contributed by atoms with van der Waals surface area (Å²) in [5, 5.41) is 0. The van der Waals surface area contributed by atoms with Gasteiger partial charge in [-0.1, -0.05) is 13.8 Å². The zero-order valence-corrected chi connectivity index (χ0v) is 13.8. The number of hydrogen-bond donors (Lipinski definition) is 2. The largest absolute Gasteiger partial charge is 0.383 e. The van der Waals surface area contributed by atoms with Crippen LogP contribution in [0.2, 0.25) is 0 Å². The molecule has 0 spiro atoms. The van der Waals surface area contributed by atoms with Crippen LogP contribution >= 0.6 is 0 Å². The number of nitrogens with zero attached hydrogens (tertiary/aromatic N) is 3. The quantitative estimate of drug-likeness (QED) is 0.883. The molecule has 1 amide bonds. The maximum Gasteiger partial charge on any atom is 0.248 e. The van der Waals surface area contributed by atoms with Crippen molar-refractivity contribution in [2.75, 3.05) is 37.4 Å². The lowest BCUT2D eigenvalue weighted by Gasteiger charge is -2.31. The number of hydrogen-bond acceptors (Lipinski definition) is 5. The Balaban J connectivity index is 2.25. The Labute approximate surface area is 135 Å². The van der Waals surface area contributed by atoms with Crippen LogP contribution < -0.4 is 16.4 Å². The molecule has 0 fully saturated rings. The van der Waals surface area contributed by atoms with E-state index < -0.39 is 5.91 Å². The first-order valence-electron chi connectivity index (χ1n) is 7.66. The maximum absolute atomic E-state index is 11.7. The minimum atomic E-state index is -0.466. The molecule has 4 N–H and O–H groups in total. The molecule has 1 aliphatic rings. The number of aromatic nitrogens is 2. The van der Waals surface area contributed by atoms with Crippen LogP contribution in [0, 0.1) is 5.41 Å². The highest BCUT2D eigenvalue weighted by Crippen LogP contribution is 2.37. The van der Waals surface area contributed by atoms with Crippen LogP contribution in [0.3, 0.4) is 0 Å². The van der Waals surface area contributed by atoms with E-state index in [-0.39, 0.29) is 5.41 Å². The molecule has 0 atom stereocenters. The van der Waals surface area contributed by atoms with Gasteiger partial charge < -0.3 is 25.7 Å². The van der Waals surface area contributed by atoms with Gasteiger partial charge in [0.05, 0.1) is 23.3 Å². The van der Waals surface area contributed by atoms with Crippen molar-refractivity contribution in [1.82, 2.24) is 9.55 Å². The SMILES string of the molecule is COCCN1CC(C)(C)Cn2c(N)nc3cc(C(N)=O)cc1c32. The Kier molecular flexibility index (Phi) is 3.68. The normalized spacial score (nSPS) is 16.6. The number of amides is 1. The van der Waals surface area contributed by atoms with Gasteiger partial charge in [0, 0.05) is 37.7 Å². The van der Waals surface area contributed by atoms with Crippen molar-refractivity contribution < 1.29 is 9.53 Å². The Bertz CT molecular complexity index is 765. The molecule has 23 heavy (non-hydrogen) atoms. The first-order valence-corrected chi connectivity index (χ1v) is 7.66. The van der Waals surface area contributed by atoms with Gasteiger partial charge in [0.2, 0.25) is 11.9 Å². The molecule has 0 saturated heterocycles.